The highest BCUT2D eigenvalue weighted by Gasteiger charge is 2.24. The number of rotatable bonds is 3. The van der Waals surface area contributed by atoms with Crippen molar-refractivity contribution < 1.29 is 9.47 Å². The van der Waals surface area contributed by atoms with Crippen LogP contribution in [0.15, 0.2) is 47.6 Å². The quantitative estimate of drug-likeness (QED) is 0.681. The highest BCUT2D eigenvalue weighted by atomic mass is 35.5. The van der Waals surface area contributed by atoms with Gasteiger partial charge in [-0.1, -0.05) is 41.6 Å². The normalized spacial score (nSPS) is 15.9. The van der Waals surface area contributed by atoms with Crippen molar-refractivity contribution in [2.75, 3.05) is 12.7 Å². The van der Waals surface area contributed by atoms with E-state index in [4.69, 9.17) is 21.1 Å². The first kappa shape index (κ1) is 16.0. The Bertz CT molecular complexity index is 978. The Morgan fingerprint density at radius 3 is 2.88 bits per heavy atom. The number of ether oxygens (including phenoxy) is 2. The fourth-order valence-corrected chi connectivity index (χ4v) is 4.24. The first-order chi connectivity index (χ1) is 12.8. The lowest BCUT2D eigenvalue weighted by molar-refractivity contribution is 0.174. The topological polar surface area (TPSA) is 52.4 Å². The molecule has 0 unspecified atom stereocenters. The van der Waals surface area contributed by atoms with Gasteiger partial charge < -0.3 is 9.47 Å². The maximum absolute atomic E-state index is 6.35. The van der Waals surface area contributed by atoms with Gasteiger partial charge in [-0.05, 0) is 29.8 Å². The van der Waals surface area contributed by atoms with Crippen molar-refractivity contribution in [1.82, 2.24) is 19.7 Å². The van der Waals surface area contributed by atoms with Crippen LogP contribution in [0.5, 0.6) is 11.5 Å². The zero-order valence-electron chi connectivity index (χ0n) is 13.8. The minimum absolute atomic E-state index is 0.295. The molecule has 2 aliphatic heterocycles. The van der Waals surface area contributed by atoms with Crippen LogP contribution in [0.1, 0.15) is 5.56 Å². The van der Waals surface area contributed by atoms with E-state index in [1.807, 2.05) is 36.4 Å². The molecule has 8 heteroatoms. The molecule has 3 aromatic rings. The van der Waals surface area contributed by atoms with E-state index >= 15 is 0 Å². The Balaban J connectivity index is 1.40. The summed E-state index contributed by atoms with van der Waals surface area (Å²) in [6.07, 6.45) is 0. The lowest BCUT2D eigenvalue weighted by atomic mass is 10.2. The van der Waals surface area contributed by atoms with Gasteiger partial charge in [0.15, 0.2) is 22.5 Å². The highest BCUT2D eigenvalue weighted by Crippen LogP contribution is 2.35. The summed E-state index contributed by atoms with van der Waals surface area (Å²) < 4.78 is 13.0. The third-order valence-corrected chi connectivity index (χ3v) is 5.78. The first-order valence-electron chi connectivity index (χ1n) is 8.20. The number of fused-ring (bicyclic) bond motifs is 2. The van der Waals surface area contributed by atoms with Crippen LogP contribution in [0, 0.1) is 0 Å². The van der Waals surface area contributed by atoms with Gasteiger partial charge in [0.1, 0.15) is 0 Å². The van der Waals surface area contributed by atoms with Gasteiger partial charge in [-0.2, -0.15) is 0 Å². The molecule has 26 heavy (non-hydrogen) atoms. The maximum atomic E-state index is 6.35. The molecule has 0 atom stereocenters. The monoisotopic (exact) mass is 386 g/mol. The SMILES string of the molecule is Clc1ccccc1-c1nnc2n1CN(Cc1ccc3c(c1)OCO3)CS2. The summed E-state index contributed by atoms with van der Waals surface area (Å²) in [5.74, 6) is 3.28. The van der Waals surface area contributed by atoms with E-state index in [1.54, 1.807) is 11.8 Å². The molecule has 2 aliphatic rings. The van der Waals surface area contributed by atoms with Crippen LogP contribution in [0.3, 0.4) is 0 Å². The predicted molar refractivity (Wildman–Crippen MR) is 99.3 cm³/mol. The molecule has 6 nitrogen and oxygen atoms in total. The third kappa shape index (κ3) is 2.82. The zero-order valence-corrected chi connectivity index (χ0v) is 15.3. The van der Waals surface area contributed by atoms with Crippen LogP contribution < -0.4 is 9.47 Å². The van der Waals surface area contributed by atoms with E-state index in [9.17, 15) is 0 Å². The second kappa shape index (κ2) is 6.50. The molecule has 0 saturated heterocycles. The molecule has 0 spiro atoms. The zero-order chi connectivity index (χ0) is 17.5. The van der Waals surface area contributed by atoms with Gasteiger partial charge in [0.05, 0.1) is 17.6 Å². The van der Waals surface area contributed by atoms with Gasteiger partial charge >= 0.3 is 0 Å². The highest BCUT2D eigenvalue weighted by molar-refractivity contribution is 7.99. The average Bonchev–Trinajstić information content (AvgIpc) is 3.28. The summed E-state index contributed by atoms with van der Waals surface area (Å²) in [5.41, 5.74) is 2.09. The molecular weight excluding hydrogens is 372 g/mol. The number of halogens is 1. The predicted octanol–water partition coefficient (Wildman–Crippen LogP) is 3.85. The van der Waals surface area contributed by atoms with E-state index in [0.717, 1.165) is 40.5 Å². The fraction of sp³-hybridized carbons (Fsp3) is 0.222. The molecule has 0 aliphatic carbocycles. The van der Waals surface area contributed by atoms with Gasteiger partial charge in [0.2, 0.25) is 6.79 Å². The minimum atomic E-state index is 0.295. The van der Waals surface area contributed by atoms with Crippen LogP contribution in [0.4, 0.5) is 0 Å². The molecule has 0 fully saturated rings. The summed E-state index contributed by atoms with van der Waals surface area (Å²) in [6, 6.07) is 13.8. The molecule has 0 N–H and O–H groups in total. The van der Waals surface area contributed by atoms with Crippen molar-refractivity contribution >= 4 is 23.4 Å². The largest absolute Gasteiger partial charge is 0.454 e. The van der Waals surface area contributed by atoms with Crippen molar-refractivity contribution in [3.63, 3.8) is 0 Å². The summed E-state index contributed by atoms with van der Waals surface area (Å²) in [6.45, 7) is 1.82. The van der Waals surface area contributed by atoms with Gasteiger partial charge in [0.25, 0.3) is 0 Å². The molecule has 0 amide bonds. The van der Waals surface area contributed by atoms with Crippen molar-refractivity contribution in [1.29, 1.82) is 0 Å². The van der Waals surface area contributed by atoms with Crippen LogP contribution in [0.25, 0.3) is 11.4 Å². The van der Waals surface area contributed by atoms with Gasteiger partial charge in [0, 0.05) is 12.1 Å². The van der Waals surface area contributed by atoms with E-state index in [1.165, 1.54) is 5.56 Å². The average molecular weight is 387 g/mol. The number of benzene rings is 2. The molecular formula is C18H15ClN4O2S. The fourth-order valence-electron chi connectivity index (χ4n) is 3.15. The van der Waals surface area contributed by atoms with Crippen LogP contribution in [0.2, 0.25) is 5.02 Å². The number of thioether (sulfide) groups is 1. The third-order valence-electron chi connectivity index (χ3n) is 4.39. The van der Waals surface area contributed by atoms with E-state index < -0.39 is 0 Å². The van der Waals surface area contributed by atoms with Crippen molar-refractivity contribution in [2.24, 2.45) is 0 Å². The summed E-state index contributed by atoms with van der Waals surface area (Å²) in [7, 11) is 0. The molecule has 3 heterocycles. The lowest BCUT2D eigenvalue weighted by Crippen LogP contribution is -2.30. The molecule has 2 aromatic carbocycles. The van der Waals surface area contributed by atoms with Crippen molar-refractivity contribution in [3.05, 3.63) is 53.1 Å². The Kier molecular flexibility index (Phi) is 4.00. The second-order valence-corrected chi connectivity index (χ2v) is 7.46. The Hall–Kier alpha value is -2.22. The van der Waals surface area contributed by atoms with E-state index in [0.29, 0.717) is 18.5 Å². The molecule has 132 valence electrons. The van der Waals surface area contributed by atoms with Gasteiger partial charge in [-0.3, -0.25) is 9.47 Å². The van der Waals surface area contributed by atoms with Crippen molar-refractivity contribution in [3.8, 4) is 22.9 Å². The molecule has 0 bridgehead atoms. The van der Waals surface area contributed by atoms with Gasteiger partial charge in [-0.25, -0.2) is 0 Å². The number of aromatic nitrogens is 3. The number of hydrogen-bond acceptors (Lipinski definition) is 6. The molecule has 0 radical (unpaired) electrons. The Labute approximate surface area is 159 Å². The maximum Gasteiger partial charge on any atom is 0.231 e. The standard InChI is InChI=1S/C18H15ClN4O2S/c19-14-4-2-1-3-13(14)17-20-21-18-23(17)9-22(10-26-18)8-12-5-6-15-16(7-12)25-11-24-15/h1-7H,8-11H2. The Morgan fingerprint density at radius 2 is 1.96 bits per heavy atom. The Morgan fingerprint density at radius 1 is 1.08 bits per heavy atom. The molecule has 0 saturated carbocycles. The summed E-state index contributed by atoms with van der Waals surface area (Å²) in [4.78, 5) is 2.33. The second-order valence-electron chi connectivity index (χ2n) is 6.15. The first-order valence-corrected chi connectivity index (χ1v) is 9.56. The minimum Gasteiger partial charge on any atom is -0.454 e. The number of hydrogen-bond donors (Lipinski definition) is 0. The van der Waals surface area contributed by atoms with Crippen molar-refractivity contribution in [2.45, 2.75) is 18.4 Å². The lowest BCUT2D eigenvalue weighted by Gasteiger charge is -2.28. The smallest absolute Gasteiger partial charge is 0.231 e. The van der Waals surface area contributed by atoms with Crippen LogP contribution >= 0.6 is 23.4 Å². The van der Waals surface area contributed by atoms with Crippen LogP contribution in [-0.2, 0) is 13.2 Å². The summed E-state index contributed by atoms with van der Waals surface area (Å²) >= 11 is 8.03. The molecule has 1 aromatic heterocycles. The molecule has 5 rings (SSSR count). The number of nitrogens with zero attached hydrogens (tertiary/aromatic N) is 4. The van der Waals surface area contributed by atoms with E-state index in [-0.39, 0.29) is 0 Å². The van der Waals surface area contributed by atoms with Gasteiger partial charge in [-0.15, -0.1) is 10.2 Å². The summed E-state index contributed by atoms with van der Waals surface area (Å²) in [5, 5.41) is 10.3. The van der Waals surface area contributed by atoms with E-state index in [2.05, 4.69) is 25.7 Å². The van der Waals surface area contributed by atoms with Crippen LogP contribution in [-0.4, -0.2) is 32.3 Å².